The first-order valence-corrected chi connectivity index (χ1v) is 11.5. The van der Waals surface area contributed by atoms with Crippen LogP contribution in [-0.4, -0.2) is 97.9 Å². The van der Waals surface area contributed by atoms with Crippen molar-refractivity contribution in [3.05, 3.63) is 25.3 Å². The predicted octanol–water partition coefficient (Wildman–Crippen LogP) is 5.04. The number of alkyl halides is 17. The Balaban J connectivity index is 6.97. The van der Waals surface area contributed by atoms with Crippen LogP contribution in [0.3, 0.4) is 0 Å². The van der Waals surface area contributed by atoms with Crippen LogP contribution >= 0.6 is 0 Å². The molecular weight excluding hydrogens is 681 g/mol. The third-order valence-corrected chi connectivity index (χ3v) is 6.81. The molecule has 0 N–H and O–H groups in total. The summed E-state index contributed by atoms with van der Waals surface area (Å²) < 4.78 is 261. The molecule has 0 unspecified atom stereocenters. The monoisotopic (exact) mass is 695 g/mol. The molecule has 0 aliphatic carbocycles. The molecule has 252 valence electrons. The van der Waals surface area contributed by atoms with Crippen molar-refractivity contribution in [2.24, 2.45) is 0 Å². The number of carbonyl (C=O) groups is 2. The standard InChI is InChI=1S/C18H14F17NO6S/c1-3-9(37)41-7-5-36(6-8-42-10(38)4-2)43(39,40)18(34,35)16(29,30)14(25,26)12(21,22)11(19,20)13(23,24)15(27,28)17(31,32)33/h3-4H,1-2,5-8H2. The minimum atomic E-state index is -9.00. The number of hydrogen-bond acceptors (Lipinski definition) is 6. The van der Waals surface area contributed by atoms with Crippen LogP contribution in [0.2, 0.25) is 0 Å². The van der Waals surface area contributed by atoms with Crippen LogP contribution in [0, 0.1) is 0 Å². The van der Waals surface area contributed by atoms with Gasteiger partial charge in [-0.05, 0) is 0 Å². The molecule has 0 aromatic carbocycles. The fourth-order valence-electron chi connectivity index (χ4n) is 2.44. The second-order valence-electron chi connectivity index (χ2n) is 7.61. The van der Waals surface area contributed by atoms with Crippen molar-refractivity contribution in [2.75, 3.05) is 26.3 Å². The number of hydrogen-bond donors (Lipinski definition) is 0. The quantitative estimate of drug-likeness (QED) is 0.128. The van der Waals surface area contributed by atoms with E-state index < -0.39 is 99.5 Å². The summed E-state index contributed by atoms with van der Waals surface area (Å²) in [6.45, 7) is -1.01. The molecule has 0 aromatic rings. The molecule has 0 amide bonds. The number of esters is 2. The van der Waals surface area contributed by atoms with Crippen molar-refractivity contribution in [2.45, 2.75) is 47.0 Å². The maximum Gasteiger partial charge on any atom is 0.460 e. The summed E-state index contributed by atoms with van der Waals surface area (Å²) in [6, 6.07) is 0. The van der Waals surface area contributed by atoms with Gasteiger partial charge in [-0.1, -0.05) is 13.2 Å². The number of nitrogens with zero attached hydrogens (tertiary/aromatic N) is 1. The third-order valence-electron chi connectivity index (χ3n) is 4.86. The minimum Gasteiger partial charge on any atom is -0.461 e. The van der Waals surface area contributed by atoms with Crippen molar-refractivity contribution in [3.63, 3.8) is 0 Å². The molecule has 0 saturated carbocycles. The second kappa shape index (κ2) is 12.3. The van der Waals surface area contributed by atoms with E-state index in [2.05, 4.69) is 22.6 Å². The number of carbonyl (C=O) groups excluding carboxylic acids is 2. The van der Waals surface area contributed by atoms with E-state index in [0.717, 1.165) is 0 Å². The lowest BCUT2D eigenvalue weighted by Gasteiger charge is -2.43. The lowest BCUT2D eigenvalue weighted by Crippen LogP contribution is -2.75. The van der Waals surface area contributed by atoms with Gasteiger partial charge >= 0.3 is 58.9 Å². The lowest BCUT2D eigenvalue weighted by atomic mass is 9.91. The Labute approximate surface area is 227 Å². The summed E-state index contributed by atoms with van der Waals surface area (Å²) >= 11 is 0. The number of halogens is 17. The van der Waals surface area contributed by atoms with Gasteiger partial charge in [-0.2, -0.15) is 78.9 Å². The van der Waals surface area contributed by atoms with Gasteiger partial charge in [-0.15, -0.1) is 0 Å². The van der Waals surface area contributed by atoms with Gasteiger partial charge in [0.1, 0.15) is 13.2 Å². The molecule has 0 aromatic heterocycles. The van der Waals surface area contributed by atoms with Crippen molar-refractivity contribution >= 4 is 22.0 Å². The van der Waals surface area contributed by atoms with Crippen LogP contribution in [-0.2, 0) is 29.1 Å². The fraction of sp³-hybridized carbons (Fsp3) is 0.667. The van der Waals surface area contributed by atoms with Crippen LogP contribution in [0.5, 0.6) is 0 Å². The first-order chi connectivity index (χ1) is 18.8. The third kappa shape index (κ3) is 6.50. The number of ether oxygens (including phenoxy) is 2. The van der Waals surface area contributed by atoms with Gasteiger partial charge in [0.05, 0.1) is 0 Å². The Morgan fingerprint density at radius 1 is 0.558 bits per heavy atom. The van der Waals surface area contributed by atoms with Gasteiger partial charge in [0.15, 0.2) is 0 Å². The zero-order valence-corrected chi connectivity index (χ0v) is 20.9. The minimum absolute atomic E-state index is 0.328. The molecule has 0 bridgehead atoms. The summed E-state index contributed by atoms with van der Waals surface area (Å²) in [5.74, 6) is -55.5. The molecule has 0 aliphatic heterocycles. The van der Waals surface area contributed by atoms with E-state index in [9.17, 15) is 92.6 Å². The van der Waals surface area contributed by atoms with Gasteiger partial charge < -0.3 is 9.47 Å². The molecule has 0 spiro atoms. The Kier molecular flexibility index (Phi) is 11.4. The van der Waals surface area contributed by atoms with E-state index in [1.165, 1.54) is 0 Å². The first kappa shape index (κ1) is 40.1. The molecular formula is C18H14F17NO6S. The summed E-state index contributed by atoms with van der Waals surface area (Å²) in [5, 5.41) is -7.84. The van der Waals surface area contributed by atoms with Crippen LogP contribution in [0.1, 0.15) is 0 Å². The molecule has 0 aliphatic rings. The van der Waals surface area contributed by atoms with Crippen LogP contribution in [0.4, 0.5) is 74.6 Å². The van der Waals surface area contributed by atoms with E-state index in [4.69, 9.17) is 0 Å². The molecule has 0 rings (SSSR count). The van der Waals surface area contributed by atoms with Crippen molar-refractivity contribution in [1.82, 2.24) is 4.31 Å². The maximum atomic E-state index is 14.5. The van der Waals surface area contributed by atoms with Gasteiger partial charge in [-0.3, -0.25) is 0 Å². The molecule has 0 radical (unpaired) electrons. The zero-order valence-electron chi connectivity index (χ0n) is 20.1. The average molecular weight is 695 g/mol. The van der Waals surface area contributed by atoms with Crippen molar-refractivity contribution in [3.8, 4) is 0 Å². The van der Waals surface area contributed by atoms with Gasteiger partial charge in [0.2, 0.25) is 0 Å². The van der Waals surface area contributed by atoms with Gasteiger partial charge in [0.25, 0.3) is 10.0 Å². The molecule has 0 atom stereocenters. The van der Waals surface area contributed by atoms with Gasteiger partial charge in [0, 0.05) is 25.2 Å². The van der Waals surface area contributed by atoms with E-state index in [0.29, 0.717) is 12.2 Å². The normalized spacial score (nSPS) is 14.8. The highest BCUT2D eigenvalue weighted by molar-refractivity contribution is 7.90. The van der Waals surface area contributed by atoms with Crippen molar-refractivity contribution in [1.29, 1.82) is 0 Å². The van der Waals surface area contributed by atoms with E-state index in [-0.39, 0.29) is 0 Å². The molecule has 25 heteroatoms. The molecule has 0 saturated heterocycles. The number of sulfonamides is 1. The summed E-state index contributed by atoms with van der Waals surface area (Å²) in [5.41, 5.74) is 0. The first-order valence-electron chi connectivity index (χ1n) is 10.1. The zero-order chi connectivity index (χ0) is 34.9. The lowest BCUT2D eigenvalue weighted by molar-refractivity contribution is -0.458. The highest BCUT2D eigenvalue weighted by Crippen LogP contribution is 2.64. The predicted molar refractivity (Wildman–Crippen MR) is 103 cm³/mol. The fourth-order valence-corrected chi connectivity index (χ4v) is 3.85. The highest BCUT2D eigenvalue weighted by atomic mass is 32.2. The SMILES string of the molecule is C=CC(=O)OCCN(CCOC(=O)C=C)S(=O)(=O)C(F)(F)C(F)(F)C(F)(F)C(F)(F)C(F)(F)C(F)(F)C(F)(F)C(F)(F)F. The Hall–Kier alpha value is -2.86. The Bertz CT molecular complexity index is 1140. The van der Waals surface area contributed by atoms with E-state index in [1.54, 1.807) is 0 Å². The smallest absolute Gasteiger partial charge is 0.460 e. The highest BCUT2D eigenvalue weighted by Gasteiger charge is 2.96. The summed E-state index contributed by atoms with van der Waals surface area (Å²) in [6.07, 6.45) is -7.30. The van der Waals surface area contributed by atoms with Crippen LogP contribution < -0.4 is 0 Å². The molecule has 7 nitrogen and oxygen atoms in total. The Morgan fingerprint density at radius 3 is 1.12 bits per heavy atom. The summed E-state index contributed by atoms with van der Waals surface area (Å²) in [7, 11) is -7.70. The second-order valence-corrected chi connectivity index (χ2v) is 9.59. The molecule has 0 fully saturated rings. The molecule has 0 heterocycles. The van der Waals surface area contributed by atoms with E-state index in [1.807, 2.05) is 0 Å². The largest absolute Gasteiger partial charge is 0.461 e. The number of rotatable bonds is 16. The topological polar surface area (TPSA) is 90.0 Å². The van der Waals surface area contributed by atoms with Crippen LogP contribution in [0.15, 0.2) is 25.3 Å². The Morgan fingerprint density at radius 2 is 0.837 bits per heavy atom. The molecule has 43 heavy (non-hydrogen) atoms. The summed E-state index contributed by atoms with van der Waals surface area (Å²) in [4.78, 5) is 22.0. The average Bonchev–Trinajstić information content (AvgIpc) is 2.85. The van der Waals surface area contributed by atoms with E-state index >= 15 is 0 Å². The van der Waals surface area contributed by atoms with Crippen molar-refractivity contribution < 1.29 is 102 Å². The van der Waals surface area contributed by atoms with Crippen LogP contribution in [0.25, 0.3) is 0 Å². The maximum absolute atomic E-state index is 14.5. The van der Waals surface area contributed by atoms with Gasteiger partial charge in [-0.25, -0.2) is 18.0 Å².